The summed E-state index contributed by atoms with van der Waals surface area (Å²) in [6, 6.07) is 12.6. The predicted octanol–water partition coefficient (Wildman–Crippen LogP) is 5.00. The maximum Gasteiger partial charge on any atom is 0.295 e. The van der Waals surface area contributed by atoms with Gasteiger partial charge in [0.15, 0.2) is 0 Å². The monoisotopic (exact) mass is 532 g/mol. The Bertz CT molecular complexity index is 1240. The van der Waals surface area contributed by atoms with Crippen LogP contribution < -0.4 is 4.74 Å². The fourth-order valence-corrected chi connectivity index (χ4v) is 5.17. The lowest BCUT2D eigenvalue weighted by Crippen LogP contribution is -2.39. The zero-order valence-electron chi connectivity index (χ0n) is 23.5. The topological polar surface area (TPSA) is 79.3 Å². The van der Waals surface area contributed by atoms with Crippen molar-refractivity contribution in [1.82, 2.24) is 9.80 Å². The summed E-state index contributed by atoms with van der Waals surface area (Å²) < 4.78 is 11.1. The van der Waals surface area contributed by atoms with E-state index >= 15 is 0 Å². The number of aliphatic hydroxyl groups excluding tert-OH is 1. The smallest absolute Gasteiger partial charge is 0.295 e. The number of ketones is 1. The van der Waals surface area contributed by atoms with Gasteiger partial charge in [-0.15, -0.1) is 0 Å². The molecular formula is C32H40N2O5. The van der Waals surface area contributed by atoms with E-state index in [0.717, 1.165) is 42.7 Å². The summed E-state index contributed by atoms with van der Waals surface area (Å²) in [6.45, 7) is 16.7. The van der Waals surface area contributed by atoms with Crippen LogP contribution in [0.2, 0.25) is 0 Å². The van der Waals surface area contributed by atoms with Gasteiger partial charge in [-0.05, 0) is 53.6 Å². The first kappa shape index (κ1) is 28.6. The SMILES string of the molecule is C=CCOc1ccc(C(O)=C2C(=O)C(=O)N(CCCN3CCOCC3)C2c2ccc(C(C)(C)C)cc2)cc1C. The molecule has 0 bridgehead atoms. The number of benzene rings is 2. The number of aryl methyl sites for hydroxylation is 1. The molecule has 2 saturated heterocycles. The minimum absolute atomic E-state index is 0.0363. The second kappa shape index (κ2) is 12.2. The number of hydrogen-bond acceptors (Lipinski definition) is 6. The largest absolute Gasteiger partial charge is 0.507 e. The van der Waals surface area contributed by atoms with Crippen LogP contribution in [0.25, 0.3) is 5.76 Å². The van der Waals surface area contributed by atoms with Crippen LogP contribution in [0.3, 0.4) is 0 Å². The van der Waals surface area contributed by atoms with Gasteiger partial charge in [0, 0.05) is 31.7 Å². The number of Topliss-reactive ketones (excluding diaryl/α,β-unsaturated/α-hetero) is 1. The third-order valence-electron chi connectivity index (χ3n) is 7.41. The van der Waals surface area contributed by atoms with Gasteiger partial charge in [-0.3, -0.25) is 14.5 Å². The fourth-order valence-electron chi connectivity index (χ4n) is 5.17. The second-order valence-electron chi connectivity index (χ2n) is 11.3. The molecule has 7 nitrogen and oxygen atoms in total. The van der Waals surface area contributed by atoms with E-state index in [1.165, 1.54) is 0 Å². The normalized spacial score (nSPS) is 19.9. The highest BCUT2D eigenvalue weighted by molar-refractivity contribution is 6.46. The van der Waals surface area contributed by atoms with E-state index in [4.69, 9.17) is 9.47 Å². The minimum Gasteiger partial charge on any atom is -0.507 e. The molecule has 1 unspecified atom stereocenters. The molecule has 208 valence electrons. The summed E-state index contributed by atoms with van der Waals surface area (Å²) >= 11 is 0. The van der Waals surface area contributed by atoms with Crippen molar-refractivity contribution in [3.63, 3.8) is 0 Å². The Morgan fingerprint density at radius 2 is 1.79 bits per heavy atom. The van der Waals surface area contributed by atoms with Crippen LogP contribution in [0.5, 0.6) is 5.75 Å². The van der Waals surface area contributed by atoms with Crippen molar-refractivity contribution >= 4 is 17.4 Å². The molecule has 2 fully saturated rings. The Labute approximate surface area is 231 Å². The third-order valence-corrected chi connectivity index (χ3v) is 7.41. The second-order valence-corrected chi connectivity index (χ2v) is 11.3. The van der Waals surface area contributed by atoms with Gasteiger partial charge in [-0.2, -0.15) is 0 Å². The molecule has 4 rings (SSSR count). The van der Waals surface area contributed by atoms with Crippen molar-refractivity contribution in [3.05, 3.63) is 82.9 Å². The number of morpholine rings is 1. The first-order chi connectivity index (χ1) is 18.6. The Hall–Kier alpha value is -3.42. The average molecular weight is 533 g/mol. The van der Waals surface area contributed by atoms with E-state index in [-0.39, 0.29) is 16.7 Å². The highest BCUT2D eigenvalue weighted by atomic mass is 16.5. The number of amides is 1. The van der Waals surface area contributed by atoms with Crippen LogP contribution in [0.15, 0.2) is 60.7 Å². The molecule has 39 heavy (non-hydrogen) atoms. The molecule has 0 spiro atoms. The predicted molar refractivity (Wildman–Crippen MR) is 153 cm³/mol. The van der Waals surface area contributed by atoms with Crippen LogP contribution in [0.1, 0.15) is 55.5 Å². The Balaban J connectivity index is 1.70. The molecule has 0 radical (unpaired) electrons. The van der Waals surface area contributed by atoms with Crippen molar-refractivity contribution in [2.24, 2.45) is 0 Å². The minimum atomic E-state index is -0.666. The number of likely N-dealkylation sites (tertiary alicyclic amines) is 1. The van der Waals surface area contributed by atoms with Gasteiger partial charge in [-0.25, -0.2) is 0 Å². The number of rotatable bonds is 9. The summed E-state index contributed by atoms with van der Waals surface area (Å²) in [7, 11) is 0. The van der Waals surface area contributed by atoms with Gasteiger partial charge in [0.25, 0.3) is 11.7 Å². The van der Waals surface area contributed by atoms with E-state index in [2.05, 4.69) is 32.3 Å². The summed E-state index contributed by atoms with van der Waals surface area (Å²) in [5, 5.41) is 11.5. The summed E-state index contributed by atoms with van der Waals surface area (Å²) in [5.41, 5.74) is 3.33. The molecule has 2 aliphatic heterocycles. The zero-order valence-corrected chi connectivity index (χ0v) is 23.5. The summed E-state index contributed by atoms with van der Waals surface area (Å²) in [5.74, 6) is -0.740. The van der Waals surface area contributed by atoms with E-state index in [1.807, 2.05) is 31.2 Å². The van der Waals surface area contributed by atoms with Crippen molar-refractivity contribution < 1.29 is 24.2 Å². The number of ether oxygens (including phenoxy) is 2. The van der Waals surface area contributed by atoms with E-state index in [0.29, 0.717) is 37.7 Å². The lowest BCUT2D eigenvalue weighted by Gasteiger charge is -2.29. The number of carbonyl (C=O) groups excluding carboxylic acids is 2. The number of carbonyl (C=O) groups is 2. The molecule has 7 heteroatoms. The van der Waals surface area contributed by atoms with Crippen LogP contribution in [-0.2, 0) is 19.7 Å². The summed E-state index contributed by atoms with van der Waals surface area (Å²) in [6.07, 6.45) is 2.39. The molecule has 2 aromatic carbocycles. The molecule has 0 aliphatic carbocycles. The Morgan fingerprint density at radius 3 is 2.41 bits per heavy atom. The zero-order chi connectivity index (χ0) is 28.2. The third kappa shape index (κ3) is 6.43. The number of aliphatic hydroxyl groups is 1. The molecule has 1 amide bonds. The Kier molecular flexibility index (Phi) is 8.93. The van der Waals surface area contributed by atoms with Crippen molar-refractivity contribution in [2.75, 3.05) is 46.0 Å². The highest BCUT2D eigenvalue weighted by Crippen LogP contribution is 2.40. The molecule has 0 saturated carbocycles. The quantitative estimate of drug-likeness (QED) is 0.212. The van der Waals surface area contributed by atoms with Gasteiger partial charge in [0.05, 0.1) is 24.8 Å². The van der Waals surface area contributed by atoms with E-state index < -0.39 is 17.7 Å². The maximum atomic E-state index is 13.4. The standard InChI is InChI=1S/C32H40N2O5/c1-6-18-39-26-13-10-24(21-22(26)2)29(35)27-28(23-8-11-25(12-9-23)32(3,4)5)34(31(37)30(27)36)15-7-14-33-16-19-38-20-17-33/h6,8-13,21,28,35H,1,7,14-20H2,2-5H3. The van der Waals surface area contributed by atoms with Crippen molar-refractivity contribution in [3.8, 4) is 5.75 Å². The Morgan fingerprint density at radius 1 is 1.10 bits per heavy atom. The maximum absolute atomic E-state index is 13.4. The molecule has 1 N–H and O–H groups in total. The van der Waals surface area contributed by atoms with Crippen LogP contribution in [0, 0.1) is 6.92 Å². The van der Waals surface area contributed by atoms with Gasteiger partial charge in [0.2, 0.25) is 0 Å². The number of hydrogen-bond donors (Lipinski definition) is 1. The van der Waals surface area contributed by atoms with E-state index in [9.17, 15) is 14.7 Å². The molecule has 0 aromatic heterocycles. The van der Waals surface area contributed by atoms with Crippen LogP contribution >= 0.6 is 0 Å². The first-order valence-electron chi connectivity index (χ1n) is 13.7. The van der Waals surface area contributed by atoms with Crippen molar-refractivity contribution in [2.45, 2.75) is 45.6 Å². The molecule has 1 atom stereocenters. The molecule has 2 aliphatic rings. The molecule has 2 aromatic rings. The lowest BCUT2D eigenvalue weighted by molar-refractivity contribution is -0.140. The van der Waals surface area contributed by atoms with Crippen LogP contribution in [0.4, 0.5) is 0 Å². The average Bonchev–Trinajstić information content (AvgIpc) is 3.17. The van der Waals surface area contributed by atoms with Gasteiger partial charge >= 0.3 is 0 Å². The summed E-state index contributed by atoms with van der Waals surface area (Å²) in [4.78, 5) is 30.7. The van der Waals surface area contributed by atoms with Gasteiger partial charge in [-0.1, -0.05) is 57.7 Å². The van der Waals surface area contributed by atoms with Gasteiger partial charge < -0.3 is 19.5 Å². The fraction of sp³-hybridized carbons (Fsp3) is 0.438. The first-order valence-corrected chi connectivity index (χ1v) is 13.7. The van der Waals surface area contributed by atoms with Crippen LogP contribution in [-0.4, -0.2) is 72.6 Å². The van der Waals surface area contributed by atoms with Crippen molar-refractivity contribution in [1.29, 1.82) is 0 Å². The number of nitrogens with zero attached hydrogens (tertiary/aromatic N) is 2. The van der Waals surface area contributed by atoms with E-state index in [1.54, 1.807) is 29.2 Å². The van der Waals surface area contributed by atoms with Gasteiger partial charge in [0.1, 0.15) is 18.1 Å². The lowest BCUT2D eigenvalue weighted by atomic mass is 9.85. The molecule has 2 heterocycles. The highest BCUT2D eigenvalue weighted by Gasteiger charge is 2.46. The molecular weight excluding hydrogens is 492 g/mol.